The van der Waals surface area contributed by atoms with Gasteiger partial charge in [-0.3, -0.25) is 0 Å². The van der Waals surface area contributed by atoms with Gasteiger partial charge in [0.25, 0.3) is 5.92 Å². The molecule has 0 bridgehead atoms. The van der Waals surface area contributed by atoms with Crippen molar-refractivity contribution in [1.29, 1.82) is 0 Å². The minimum Gasteiger partial charge on any atom is -0.444 e. The summed E-state index contributed by atoms with van der Waals surface area (Å²) in [6, 6.07) is -1.15. The molecule has 0 aromatic rings. The molecule has 3 N–H and O–H groups in total. The van der Waals surface area contributed by atoms with Crippen LogP contribution in [0, 0.1) is 5.92 Å². The molecule has 1 saturated carbocycles. The van der Waals surface area contributed by atoms with Crippen LogP contribution in [-0.4, -0.2) is 30.2 Å². The van der Waals surface area contributed by atoms with E-state index in [0.717, 1.165) is 0 Å². The molecule has 1 amide bonds. The number of alkyl halides is 2. The first kappa shape index (κ1) is 12.2. The van der Waals surface area contributed by atoms with Crippen LogP contribution in [0.1, 0.15) is 20.8 Å². The van der Waals surface area contributed by atoms with Crippen molar-refractivity contribution in [2.45, 2.75) is 38.3 Å². The third kappa shape index (κ3) is 3.02. The van der Waals surface area contributed by atoms with Crippen molar-refractivity contribution < 1.29 is 18.3 Å². The monoisotopic (exact) mass is 222 g/mol. The molecule has 1 aliphatic rings. The number of halogens is 2. The second-order valence-corrected chi connectivity index (χ2v) is 4.69. The maximum Gasteiger partial charge on any atom is 0.407 e. The van der Waals surface area contributed by atoms with Crippen LogP contribution in [0.5, 0.6) is 0 Å². The van der Waals surface area contributed by atoms with Crippen molar-refractivity contribution in [1.82, 2.24) is 5.32 Å². The lowest BCUT2D eigenvalue weighted by molar-refractivity contribution is 0.0508. The Morgan fingerprint density at radius 2 is 2.00 bits per heavy atom. The molecule has 2 atom stereocenters. The van der Waals surface area contributed by atoms with Crippen molar-refractivity contribution in [2.24, 2.45) is 11.7 Å². The van der Waals surface area contributed by atoms with Crippen LogP contribution >= 0.6 is 0 Å². The number of amides is 1. The molecule has 1 aliphatic carbocycles. The molecule has 6 heteroatoms. The third-order valence-corrected chi connectivity index (χ3v) is 2.13. The smallest absolute Gasteiger partial charge is 0.407 e. The predicted octanol–water partition coefficient (Wildman–Crippen LogP) is 1.10. The van der Waals surface area contributed by atoms with Gasteiger partial charge in [-0.2, -0.15) is 0 Å². The van der Waals surface area contributed by atoms with Crippen molar-refractivity contribution >= 4 is 6.09 Å². The molecule has 4 nitrogen and oxygen atoms in total. The van der Waals surface area contributed by atoms with E-state index in [1.165, 1.54) is 0 Å². The Balaban J connectivity index is 2.25. The first-order valence-electron chi connectivity index (χ1n) is 4.75. The van der Waals surface area contributed by atoms with Gasteiger partial charge in [0.15, 0.2) is 0 Å². The van der Waals surface area contributed by atoms with E-state index in [1.54, 1.807) is 20.8 Å². The van der Waals surface area contributed by atoms with Gasteiger partial charge in [0.05, 0.1) is 12.0 Å². The van der Waals surface area contributed by atoms with Crippen LogP contribution in [0.25, 0.3) is 0 Å². The molecular weight excluding hydrogens is 206 g/mol. The standard InChI is InChI=1S/C9H16F2N2O2/c1-8(2,3)15-7(14)13-4-5-6(12)9(5,10)11/h5-6H,4,12H2,1-3H3,(H,13,14). The number of rotatable bonds is 2. The molecule has 0 aliphatic heterocycles. The summed E-state index contributed by atoms with van der Waals surface area (Å²) in [5.41, 5.74) is 4.49. The Hall–Kier alpha value is -0.910. The largest absolute Gasteiger partial charge is 0.444 e. The van der Waals surface area contributed by atoms with Crippen molar-refractivity contribution in [3.8, 4) is 0 Å². The molecule has 0 heterocycles. The first-order valence-corrected chi connectivity index (χ1v) is 4.75. The summed E-state index contributed by atoms with van der Waals surface area (Å²) in [6.07, 6.45) is -0.697. The molecule has 0 spiro atoms. The van der Waals surface area contributed by atoms with Crippen LogP contribution in [0.2, 0.25) is 0 Å². The summed E-state index contributed by atoms with van der Waals surface area (Å²) in [7, 11) is 0. The van der Waals surface area contributed by atoms with E-state index >= 15 is 0 Å². The fourth-order valence-corrected chi connectivity index (χ4v) is 1.19. The normalized spacial score (nSPS) is 28.4. The van der Waals surface area contributed by atoms with Gasteiger partial charge < -0.3 is 15.8 Å². The molecule has 15 heavy (non-hydrogen) atoms. The fraction of sp³-hybridized carbons (Fsp3) is 0.889. The average Bonchev–Trinajstić information content (AvgIpc) is 2.45. The SMILES string of the molecule is CC(C)(C)OC(=O)NCC1C(N)C1(F)F. The van der Waals surface area contributed by atoms with E-state index in [2.05, 4.69) is 5.32 Å². The lowest BCUT2D eigenvalue weighted by atomic mass is 10.2. The van der Waals surface area contributed by atoms with E-state index in [4.69, 9.17) is 10.5 Å². The second-order valence-electron chi connectivity index (χ2n) is 4.69. The van der Waals surface area contributed by atoms with E-state index in [1.807, 2.05) is 0 Å². The van der Waals surface area contributed by atoms with Crippen LogP contribution in [0.4, 0.5) is 13.6 Å². The van der Waals surface area contributed by atoms with E-state index < -0.39 is 29.6 Å². The molecule has 0 aromatic carbocycles. The number of hydrogen-bond acceptors (Lipinski definition) is 3. The van der Waals surface area contributed by atoms with E-state index in [0.29, 0.717) is 0 Å². The average molecular weight is 222 g/mol. The molecule has 1 rings (SSSR count). The van der Waals surface area contributed by atoms with Gasteiger partial charge in [-0.05, 0) is 20.8 Å². The topological polar surface area (TPSA) is 64.3 Å². The van der Waals surface area contributed by atoms with Gasteiger partial charge >= 0.3 is 6.09 Å². The summed E-state index contributed by atoms with van der Waals surface area (Å²) in [5.74, 6) is -3.82. The fourth-order valence-electron chi connectivity index (χ4n) is 1.19. The van der Waals surface area contributed by atoms with Gasteiger partial charge in [-0.25, -0.2) is 13.6 Å². The Bertz CT molecular complexity index is 263. The summed E-state index contributed by atoms with van der Waals surface area (Å²) < 4.78 is 30.2. The summed E-state index contributed by atoms with van der Waals surface area (Å²) in [4.78, 5) is 11.1. The van der Waals surface area contributed by atoms with Crippen LogP contribution in [0.3, 0.4) is 0 Å². The first-order chi connectivity index (χ1) is 6.64. The quantitative estimate of drug-likeness (QED) is 0.735. The summed E-state index contributed by atoms with van der Waals surface area (Å²) in [6.45, 7) is 4.95. The predicted molar refractivity (Wildman–Crippen MR) is 50.6 cm³/mol. The van der Waals surface area contributed by atoms with Crippen molar-refractivity contribution in [3.63, 3.8) is 0 Å². The Kier molecular flexibility index (Phi) is 2.91. The van der Waals surface area contributed by atoms with Crippen LogP contribution < -0.4 is 11.1 Å². The summed E-state index contributed by atoms with van der Waals surface area (Å²) in [5, 5.41) is 2.27. The molecule has 0 radical (unpaired) electrons. The Morgan fingerprint density at radius 3 is 2.33 bits per heavy atom. The highest BCUT2D eigenvalue weighted by Crippen LogP contribution is 2.46. The molecule has 1 fully saturated rings. The zero-order valence-corrected chi connectivity index (χ0v) is 9.01. The van der Waals surface area contributed by atoms with Gasteiger partial charge in [0, 0.05) is 6.54 Å². The number of ether oxygens (including phenoxy) is 1. The second kappa shape index (κ2) is 3.59. The molecule has 0 aromatic heterocycles. The molecule has 0 saturated heterocycles. The van der Waals surface area contributed by atoms with E-state index in [9.17, 15) is 13.6 Å². The Morgan fingerprint density at radius 1 is 1.53 bits per heavy atom. The number of carbonyl (C=O) groups excluding carboxylic acids is 1. The lowest BCUT2D eigenvalue weighted by Gasteiger charge is -2.19. The van der Waals surface area contributed by atoms with Crippen LogP contribution in [0.15, 0.2) is 0 Å². The van der Waals surface area contributed by atoms with Gasteiger partial charge in [0.2, 0.25) is 0 Å². The number of alkyl carbamates (subject to hydrolysis) is 1. The number of hydrogen-bond donors (Lipinski definition) is 2. The summed E-state index contributed by atoms with van der Waals surface area (Å²) >= 11 is 0. The highest BCUT2D eigenvalue weighted by atomic mass is 19.3. The van der Waals surface area contributed by atoms with Crippen molar-refractivity contribution in [2.75, 3.05) is 6.54 Å². The zero-order chi connectivity index (χ0) is 11.9. The third-order valence-electron chi connectivity index (χ3n) is 2.13. The number of carbonyl (C=O) groups is 1. The Labute approximate surface area is 87.1 Å². The maximum atomic E-state index is 12.7. The molecule has 88 valence electrons. The van der Waals surface area contributed by atoms with Gasteiger partial charge in [-0.15, -0.1) is 0 Å². The highest BCUT2D eigenvalue weighted by Gasteiger charge is 2.66. The number of nitrogens with two attached hydrogens (primary N) is 1. The lowest BCUT2D eigenvalue weighted by Crippen LogP contribution is -2.34. The highest BCUT2D eigenvalue weighted by molar-refractivity contribution is 5.67. The van der Waals surface area contributed by atoms with E-state index in [-0.39, 0.29) is 6.54 Å². The molecule has 2 unspecified atom stereocenters. The minimum absolute atomic E-state index is 0.150. The van der Waals surface area contributed by atoms with Gasteiger partial charge in [0.1, 0.15) is 5.60 Å². The van der Waals surface area contributed by atoms with Crippen LogP contribution in [-0.2, 0) is 4.74 Å². The molecular formula is C9H16F2N2O2. The minimum atomic E-state index is -2.85. The van der Waals surface area contributed by atoms with Gasteiger partial charge in [-0.1, -0.05) is 0 Å². The van der Waals surface area contributed by atoms with Crippen molar-refractivity contribution in [3.05, 3.63) is 0 Å². The number of nitrogens with one attached hydrogen (secondary N) is 1. The zero-order valence-electron chi connectivity index (χ0n) is 9.01. The maximum absolute atomic E-state index is 12.7.